The predicted octanol–water partition coefficient (Wildman–Crippen LogP) is 11.2. The topological polar surface area (TPSA) is 92.1 Å². The minimum absolute atomic E-state index is 0.856. The first kappa shape index (κ1) is 35.1. The molecule has 6 heterocycles. The van der Waals surface area contributed by atoms with E-state index in [1.807, 2.05) is 76.1 Å². The van der Waals surface area contributed by atoms with Crippen molar-refractivity contribution in [1.29, 1.82) is 0 Å². The predicted molar refractivity (Wildman–Crippen MR) is 241 cm³/mol. The van der Waals surface area contributed by atoms with Gasteiger partial charge in [0.25, 0.3) is 0 Å². The molecule has 286 valence electrons. The maximum Gasteiger partial charge on any atom is 0.159 e. The van der Waals surface area contributed by atoms with Crippen molar-refractivity contribution in [1.82, 2.24) is 43.6 Å². The molecule has 60 heavy (non-hydrogen) atoms. The summed E-state index contributed by atoms with van der Waals surface area (Å²) in [6, 6.07) is 53.3. The fourth-order valence-corrected chi connectivity index (χ4v) is 8.43. The van der Waals surface area contributed by atoms with Gasteiger partial charge >= 0.3 is 0 Å². The van der Waals surface area contributed by atoms with Gasteiger partial charge in [0.2, 0.25) is 0 Å². The summed E-state index contributed by atoms with van der Waals surface area (Å²) < 4.78 is 6.17. The van der Waals surface area contributed by atoms with Gasteiger partial charge in [-0.1, -0.05) is 103 Å². The number of rotatable bonds is 7. The average molecular weight is 776 g/mol. The number of imidazole rings is 3. The van der Waals surface area contributed by atoms with E-state index < -0.39 is 0 Å². The summed E-state index contributed by atoms with van der Waals surface area (Å²) in [5, 5.41) is 0. The molecule has 5 aromatic carbocycles. The van der Waals surface area contributed by atoms with Crippen LogP contribution in [0.5, 0.6) is 0 Å². The number of nitrogens with zero attached hydrogens (tertiary/aromatic N) is 9. The van der Waals surface area contributed by atoms with E-state index in [9.17, 15) is 0 Å². The lowest BCUT2D eigenvalue weighted by Gasteiger charge is -2.20. The van der Waals surface area contributed by atoms with Crippen LogP contribution in [0.15, 0.2) is 170 Å². The van der Waals surface area contributed by atoms with Crippen molar-refractivity contribution in [3.8, 4) is 78.7 Å². The summed E-state index contributed by atoms with van der Waals surface area (Å²) in [5.41, 5.74) is 17.2. The molecule has 0 bridgehead atoms. The molecular formula is C51H37N9. The molecule has 0 aliphatic heterocycles. The molecule has 0 aliphatic carbocycles. The molecule has 0 aliphatic rings. The Hall–Kier alpha value is -8.04. The van der Waals surface area contributed by atoms with E-state index in [-0.39, 0.29) is 0 Å². The Morgan fingerprint density at radius 3 is 1.03 bits per heavy atom. The second-order valence-electron chi connectivity index (χ2n) is 15.1. The van der Waals surface area contributed by atoms with E-state index >= 15 is 0 Å². The van der Waals surface area contributed by atoms with E-state index in [1.165, 1.54) is 0 Å². The normalized spacial score (nSPS) is 11.6. The number of hydrogen-bond acceptors (Lipinski definition) is 6. The molecule has 9 heteroatoms. The molecule has 0 fully saturated rings. The summed E-state index contributed by atoms with van der Waals surface area (Å²) in [7, 11) is 6.06. The molecule has 0 unspecified atom stereocenters. The Kier molecular flexibility index (Phi) is 8.26. The third-order valence-corrected chi connectivity index (χ3v) is 11.5. The van der Waals surface area contributed by atoms with Crippen LogP contribution in [0.3, 0.4) is 0 Å². The van der Waals surface area contributed by atoms with Crippen molar-refractivity contribution >= 4 is 33.5 Å². The van der Waals surface area contributed by atoms with Gasteiger partial charge < -0.3 is 13.7 Å². The lowest BCUT2D eigenvalue weighted by Crippen LogP contribution is -1.96. The number of benzene rings is 5. The number of fused-ring (bicyclic) bond motifs is 3. The molecule has 11 aromatic rings. The first-order valence-electron chi connectivity index (χ1n) is 19.9. The number of aryl methyl sites for hydroxylation is 3. The smallest absolute Gasteiger partial charge is 0.159 e. The van der Waals surface area contributed by atoms with E-state index in [1.54, 1.807) is 0 Å². The zero-order chi connectivity index (χ0) is 40.3. The van der Waals surface area contributed by atoms with Crippen molar-refractivity contribution in [2.75, 3.05) is 0 Å². The van der Waals surface area contributed by atoms with E-state index in [2.05, 4.69) is 144 Å². The monoisotopic (exact) mass is 775 g/mol. The minimum Gasteiger partial charge on any atom is -0.312 e. The van der Waals surface area contributed by atoms with Gasteiger partial charge in [-0.15, -0.1) is 0 Å². The van der Waals surface area contributed by atoms with E-state index in [0.29, 0.717) is 0 Å². The van der Waals surface area contributed by atoms with Gasteiger partial charge in [-0.3, -0.25) is 0 Å². The maximum absolute atomic E-state index is 4.95. The molecular weight excluding hydrogens is 739 g/mol. The van der Waals surface area contributed by atoms with Gasteiger partial charge in [-0.2, -0.15) is 0 Å². The van der Waals surface area contributed by atoms with Crippen LogP contribution >= 0.6 is 0 Å². The minimum atomic E-state index is 0.856. The van der Waals surface area contributed by atoms with Crippen molar-refractivity contribution in [2.24, 2.45) is 21.1 Å². The third-order valence-electron chi connectivity index (χ3n) is 11.5. The zero-order valence-electron chi connectivity index (χ0n) is 33.2. The molecule has 0 spiro atoms. The van der Waals surface area contributed by atoms with Crippen LogP contribution in [0.25, 0.3) is 112 Å². The lowest BCUT2D eigenvalue weighted by molar-refractivity contribution is 0.942. The number of hydrogen-bond donors (Lipinski definition) is 0. The molecule has 0 N–H and O–H groups in total. The molecule has 6 aromatic heterocycles. The van der Waals surface area contributed by atoms with Gasteiger partial charge in [0.15, 0.2) is 16.9 Å². The summed E-state index contributed by atoms with van der Waals surface area (Å²) in [5.74, 6) is 2.62. The Balaban J connectivity index is 1.10. The van der Waals surface area contributed by atoms with E-state index in [4.69, 9.17) is 15.0 Å². The molecule has 0 amide bonds. The summed E-state index contributed by atoms with van der Waals surface area (Å²) in [6.45, 7) is 0. The molecule has 9 nitrogen and oxygen atoms in total. The van der Waals surface area contributed by atoms with Crippen molar-refractivity contribution in [3.05, 3.63) is 170 Å². The van der Waals surface area contributed by atoms with Crippen LogP contribution in [0.1, 0.15) is 0 Å². The van der Waals surface area contributed by atoms with Crippen LogP contribution in [-0.4, -0.2) is 43.6 Å². The summed E-state index contributed by atoms with van der Waals surface area (Å²) in [4.78, 5) is 28.6. The Labute approximate surface area is 346 Å². The molecule has 0 atom stereocenters. The first-order valence-corrected chi connectivity index (χ1v) is 19.9. The Morgan fingerprint density at radius 1 is 0.317 bits per heavy atom. The second kappa shape index (κ2) is 14.1. The fourth-order valence-electron chi connectivity index (χ4n) is 8.43. The standard InChI is InChI=1S/C51H37N9/c1-58-46(55-42-12-7-27-52-49(42)58)36-21-15-33(16-22-36)40-30-39(32-10-5-4-6-11-32)31-41(34-17-23-37(24-18-34)47-56-43-13-8-28-53-50(43)59(47)2)45(40)35-19-25-38(26-20-35)48-57-44-14-9-29-54-51(44)60(48)3/h4-31H,1-3H3. The van der Waals surface area contributed by atoms with Gasteiger partial charge in [-0.05, 0) is 93.0 Å². The van der Waals surface area contributed by atoms with Gasteiger partial charge in [0, 0.05) is 56.4 Å². The quantitative estimate of drug-likeness (QED) is 0.160. The van der Waals surface area contributed by atoms with Crippen LogP contribution in [0, 0.1) is 0 Å². The number of aromatic nitrogens is 9. The van der Waals surface area contributed by atoms with Crippen LogP contribution in [-0.2, 0) is 21.1 Å². The van der Waals surface area contributed by atoms with Crippen molar-refractivity contribution in [2.45, 2.75) is 0 Å². The second-order valence-corrected chi connectivity index (χ2v) is 15.1. The average Bonchev–Trinajstić information content (AvgIpc) is 3.96. The van der Waals surface area contributed by atoms with Gasteiger partial charge in [0.05, 0.1) is 0 Å². The highest BCUT2D eigenvalue weighted by Crippen LogP contribution is 2.44. The SMILES string of the molecule is Cn1c(-c2ccc(-c3cc(-c4ccccc4)cc(-c4ccc(-c5nc6cccnc6n5C)cc4)c3-c3ccc(-c4nc5cccnc5n4C)cc3)cc2)nc2cccnc21. The Bertz CT molecular complexity index is 3230. The van der Waals surface area contributed by atoms with Crippen molar-refractivity contribution in [3.63, 3.8) is 0 Å². The van der Waals surface area contributed by atoms with Crippen LogP contribution < -0.4 is 0 Å². The van der Waals surface area contributed by atoms with E-state index in [0.717, 1.165) is 112 Å². The van der Waals surface area contributed by atoms with Crippen LogP contribution in [0.4, 0.5) is 0 Å². The van der Waals surface area contributed by atoms with Crippen LogP contribution in [0.2, 0.25) is 0 Å². The Morgan fingerprint density at radius 2 is 0.667 bits per heavy atom. The molecule has 0 saturated carbocycles. The zero-order valence-corrected chi connectivity index (χ0v) is 33.2. The molecule has 0 saturated heterocycles. The highest BCUT2D eigenvalue weighted by Gasteiger charge is 2.20. The molecule has 0 radical (unpaired) electrons. The number of pyridine rings is 3. The highest BCUT2D eigenvalue weighted by molar-refractivity contribution is 5.98. The fraction of sp³-hybridized carbons (Fsp3) is 0.0588. The lowest BCUT2D eigenvalue weighted by atomic mass is 9.84. The highest BCUT2D eigenvalue weighted by atomic mass is 15.1. The third kappa shape index (κ3) is 5.86. The maximum atomic E-state index is 4.95. The largest absolute Gasteiger partial charge is 0.312 e. The summed E-state index contributed by atoms with van der Waals surface area (Å²) >= 11 is 0. The first-order chi connectivity index (χ1) is 29.5. The molecule has 11 rings (SSSR count). The van der Waals surface area contributed by atoms with Crippen molar-refractivity contribution < 1.29 is 0 Å². The van der Waals surface area contributed by atoms with Gasteiger partial charge in [-0.25, -0.2) is 29.9 Å². The summed E-state index contributed by atoms with van der Waals surface area (Å²) in [6.07, 6.45) is 5.43. The van der Waals surface area contributed by atoms with Gasteiger partial charge in [0.1, 0.15) is 34.0 Å².